The Bertz CT molecular complexity index is 2810. The summed E-state index contributed by atoms with van der Waals surface area (Å²) in [5, 5.41) is 24.3. The summed E-state index contributed by atoms with van der Waals surface area (Å²) in [6, 6.07) is 55.8. The van der Waals surface area contributed by atoms with Crippen LogP contribution in [0.3, 0.4) is 0 Å². The molecule has 0 aliphatic rings. The third-order valence-corrected chi connectivity index (χ3v) is 11.4. The van der Waals surface area contributed by atoms with Gasteiger partial charge in [-0.3, -0.25) is 0 Å². The van der Waals surface area contributed by atoms with Crippen LogP contribution in [0.4, 0.5) is 0 Å². The Balaban J connectivity index is 1.39. The SMILES string of the molecule is N#Cc1cccc(-c2c(-c3ccc4sc5ccccc5c4c3)cc(-c3ccccc3)cc2-c2ccc3sc4ccc(C#N)cc4c3c2)c1. The minimum atomic E-state index is 0.624. The van der Waals surface area contributed by atoms with Crippen LogP contribution in [0, 0.1) is 22.7 Å². The maximum absolute atomic E-state index is 9.94. The largest absolute Gasteiger partial charge is 0.192 e. The van der Waals surface area contributed by atoms with Crippen molar-refractivity contribution in [2.75, 3.05) is 0 Å². The molecule has 2 nitrogen and oxygen atoms in total. The molecule has 2 aromatic heterocycles. The van der Waals surface area contributed by atoms with E-state index in [2.05, 4.69) is 121 Å². The molecular formula is C44H24N2S2. The van der Waals surface area contributed by atoms with Crippen molar-refractivity contribution < 1.29 is 0 Å². The molecule has 0 aliphatic carbocycles. The van der Waals surface area contributed by atoms with Crippen LogP contribution in [0.25, 0.3) is 84.9 Å². The highest BCUT2D eigenvalue weighted by molar-refractivity contribution is 7.26. The fourth-order valence-corrected chi connectivity index (χ4v) is 9.01. The highest BCUT2D eigenvalue weighted by Gasteiger charge is 2.19. The first-order valence-electron chi connectivity index (χ1n) is 15.7. The van der Waals surface area contributed by atoms with Crippen molar-refractivity contribution in [3.63, 3.8) is 0 Å². The van der Waals surface area contributed by atoms with Gasteiger partial charge in [-0.2, -0.15) is 10.5 Å². The zero-order valence-electron chi connectivity index (χ0n) is 25.6. The van der Waals surface area contributed by atoms with Crippen LogP contribution in [0.2, 0.25) is 0 Å². The summed E-state index contributed by atoms with van der Waals surface area (Å²) in [4.78, 5) is 0. The summed E-state index contributed by atoms with van der Waals surface area (Å²) in [6.07, 6.45) is 0. The van der Waals surface area contributed by atoms with Crippen LogP contribution in [-0.4, -0.2) is 0 Å². The van der Waals surface area contributed by atoms with Gasteiger partial charge in [-0.05, 0) is 117 Å². The summed E-state index contributed by atoms with van der Waals surface area (Å²) >= 11 is 3.57. The zero-order valence-corrected chi connectivity index (χ0v) is 27.2. The first-order valence-corrected chi connectivity index (χ1v) is 17.3. The molecule has 48 heavy (non-hydrogen) atoms. The average Bonchev–Trinajstić information content (AvgIpc) is 3.71. The molecule has 0 amide bonds. The molecular weight excluding hydrogens is 621 g/mol. The zero-order chi connectivity index (χ0) is 32.2. The molecule has 9 rings (SSSR count). The lowest BCUT2D eigenvalue weighted by molar-refractivity contribution is 1.48. The predicted molar refractivity (Wildman–Crippen MR) is 203 cm³/mol. The van der Waals surface area contributed by atoms with Gasteiger partial charge < -0.3 is 0 Å². The monoisotopic (exact) mass is 644 g/mol. The van der Waals surface area contributed by atoms with E-state index in [4.69, 9.17) is 0 Å². The second kappa shape index (κ2) is 11.3. The highest BCUT2D eigenvalue weighted by Crippen LogP contribution is 2.46. The molecule has 0 radical (unpaired) electrons. The Kier molecular flexibility index (Phi) is 6.66. The van der Waals surface area contributed by atoms with E-state index in [-0.39, 0.29) is 0 Å². The van der Waals surface area contributed by atoms with Gasteiger partial charge in [0, 0.05) is 40.3 Å². The Morgan fingerprint density at radius 3 is 1.58 bits per heavy atom. The van der Waals surface area contributed by atoms with Crippen LogP contribution in [0.1, 0.15) is 11.1 Å². The second-order valence-electron chi connectivity index (χ2n) is 11.9. The standard InChI is InChI=1S/C44H24N2S2/c45-25-27-7-6-10-32(19-27)44-35(30-14-17-42-38(21-30)34-11-4-5-12-40(34)47-42)23-33(29-8-2-1-3-9-29)24-36(44)31-15-18-43-39(22-31)37-20-28(26-46)13-16-41(37)48-43/h1-24H. The summed E-state index contributed by atoms with van der Waals surface area (Å²) in [7, 11) is 0. The molecule has 0 aliphatic heterocycles. The molecule has 0 atom stereocenters. The number of thiophene rings is 2. The molecule has 0 fully saturated rings. The number of benzene rings is 7. The van der Waals surface area contributed by atoms with Crippen LogP contribution in [0.5, 0.6) is 0 Å². The van der Waals surface area contributed by atoms with E-state index >= 15 is 0 Å². The lowest BCUT2D eigenvalue weighted by Crippen LogP contribution is -1.94. The Hall–Kier alpha value is -6.04. The van der Waals surface area contributed by atoms with Gasteiger partial charge in [0.25, 0.3) is 0 Å². The molecule has 0 unspecified atom stereocenters. The van der Waals surface area contributed by atoms with Gasteiger partial charge in [-0.1, -0.05) is 72.8 Å². The van der Waals surface area contributed by atoms with Gasteiger partial charge >= 0.3 is 0 Å². The highest BCUT2D eigenvalue weighted by atomic mass is 32.1. The van der Waals surface area contributed by atoms with E-state index in [0.29, 0.717) is 11.1 Å². The Labute approximate surface area is 285 Å². The van der Waals surface area contributed by atoms with Gasteiger partial charge in [-0.25, -0.2) is 0 Å². The Morgan fingerprint density at radius 2 is 0.896 bits per heavy atom. The quantitative estimate of drug-likeness (QED) is 0.191. The smallest absolute Gasteiger partial charge is 0.0991 e. The van der Waals surface area contributed by atoms with Gasteiger partial charge in [0.1, 0.15) is 0 Å². The number of hydrogen-bond donors (Lipinski definition) is 0. The summed E-state index contributed by atoms with van der Waals surface area (Å²) < 4.78 is 4.89. The van der Waals surface area contributed by atoms with Crippen LogP contribution < -0.4 is 0 Å². The third-order valence-electron chi connectivity index (χ3n) is 9.12. The molecule has 222 valence electrons. The van der Waals surface area contributed by atoms with Crippen molar-refractivity contribution in [1.82, 2.24) is 0 Å². The van der Waals surface area contributed by atoms with E-state index in [1.54, 1.807) is 11.3 Å². The van der Waals surface area contributed by atoms with Crippen molar-refractivity contribution in [1.29, 1.82) is 10.5 Å². The van der Waals surface area contributed by atoms with Crippen LogP contribution in [0.15, 0.2) is 146 Å². The summed E-state index contributed by atoms with van der Waals surface area (Å²) in [6.45, 7) is 0. The maximum atomic E-state index is 9.94. The van der Waals surface area contributed by atoms with Crippen molar-refractivity contribution in [2.24, 2.45) is 0 Å². The maximum Gasteiger partial charge on any atom is 0.0991 e. The van der Waals surface area contributed by atoms with Gasteiger partial charge in [-0.15, -0.1) is 22.7 Å². The third kappa shape index (κ3) is 4.67. The van der Waals surface area contributed by atoms with Crippen molar-refractivity contribution in [2.45, 2.75) is 0 Å². The first kappa shape index (κ1) is 28.2. The van der Waals surface area contributed by atoms with Gasteiger partial charge in [0.2, 0.25) is 0 Å². The molecule has 0 saturated carbocycles. The van der Waals surface area contributed by atoms with Crippen LogP contribution in [-0.2, 0) is 0 Å². The minimum absolute atomic E-state index is 0.624. The summed E-state index contributed by atoms with van der Waals surface area (Å²) in [5.74, 6) is 0. The number of hydrogen-bond acceptors (Lipinski definition) is 4. The average molecular weight is 645 g/mol. The van der Waals surface area contributed by atoms with Gasteiger partial charge in [0.15, 0.2) is 0 Å². The minimum Gasteiger partial charge on any atom is -0.192 e. The van der Waals surface area contributed by atoms with Gasteiger partial charge in [0.05, 0.1) is 23.3 Å². The molecule has 4 heteroatoms. The van der Waals surface area contributed by atoms with E-state index in [9.17, 15) is 10.5 Å². The van der Waals surface area contributed by atoms with E-state index in [1.165, 1.54) is 24.9 Å². The molecule has 2 heterocycles. The number of fused-ring (bicyclic) bond motifs is 6. The number of nitriles is 2. The van der Waals surface area contributed by atoms with E-state index in [1.807, 2.05) is 47.7 Å². The first-order chi connectivity index (χ1) is 23.7. The molecule has 0 bridgehead atoms. The lowest BCUT2D eigenvalue weighted by atomic mass is 9.84. The van der Waals surface area contributed by atoms with E-state index < -0.39 is 0 Å². The second-order valence-corrected chi connectivity index (χ2v) is 14.1. The predicted octanol–water partition coefficient (Wildman–Crippen LogP) is 12.8. The van der Waals surface area contributed by atoms with Crippen molar-refractivity contribution in [3.8, 4) is 56.6 Å². The van der Waals surface area contributed by atoms with Crippen molar-refractivity contribution in [3.05, 3.63) is 157 Å². The number of rotatable bonds is 4. The van der Waals surface area contributed by atoms with Crippen LogP contribution >= 0.6 is 22.7 Å². The number of nitrogens with zero attached hydrogens (tertiary/aromatic N) is 2. The lowest BCUT2D eigenvalue weighted by Gasteiger charge is -2.19. The summed E-state index contributed by atoms with van der Waals surface area (Å²) in [5.41, 5.74) is 10.0. The Morgan fingerprint density at radius 1 is 0.354 bits per heavy atom. The molecule has 7 aromatic carbocycles. The topological polar surface area (TPSA) is 47.6 Å². The molecule has 9 aromatic rings. The molecule has 0 N–H and O–H groups in total. The molecule has 0 saturated heterocycles. The fraction of sp³-hybridized carbons (Fsp3) is 0. The van der Waals surface area contributed by atoms with E-state index in [0.717, 1.165) is 60.0 Å². The normalized spacial score (nSPS) is 11.3. The fourth-order valence-electron chi connectivity index (χ4n) is 6.86. The van der Waals surface area contributed by atoms with Crippen molar-refractivity contribution >= 4 is 63.0 Å². The molecule has 0 spiro atoms.